The minimum atomic E-state index is -3.66. The van der Waals surface area contributed by atoms with Crippen LogP contribution in [0.15, 0.2) is 46.0 Å². The lowest BCUT2D eigenvalue weighted by Crippen LogP contribution is -2.46. The monoisotopic (exact) mass is 408 g/mol. The van der Waals surface area contributed by atoms with Crippen molar-refractivity contribution in [3.8, 4) is 5.75 Å². The Morgan fingerprint density at radius 2 is 1.93 bits per heavy atom. The number of hydrogen-bond acceptors (Lipinski definition) is 5. The first-order valence-corrected chi connectivity index (χ1v) is 11.1. The molecule has 1 aromatic carbocycles. The zero-order valence-electron chi connectivity index (χ0n) is 15.7. The van der Waals surface area contributed by atoms with Crippen molar-refractivity contribution in [1.82, 2.24) is 4.31 Å². The molecule has 1 fully saturated rings. The number of nitrogens with zero attached hydrogens (tertiary/aromatic N) is 2. The van der Waals surface area contributed by atoms with Gasteiger partial charge in [-0.05, 0) is 61.4 Å². The molecule has 6 nitrogen and oxygen atoms in total. The predicted molar refractivity (Wildman–Crippen MR) is 107 cm³/mol. The maximum absolute atomic E-state index is 13.1. The van der Waals surface area contributed by atoms with Gasteiger partial charge in [0.05, 0.1) is 13.7 Å². The Balaban J connectivity index is 1.82. The number of methoxy groups -OCH3 is 1. The first-order valence-electron chi connectivity index (χ1n) is 8.80. The van der Waals surface area contributed by atoms with Gasteiger partial charge in [0, 0.05) is 18.8 Å². The summed E-state index contributed by atoms with van der Waals surface area (Å²) < 4.78 is 31.8. The van der Waals surface area contributed by atoms with Gasteiger partial charge in [0.25, 0.3) is 10.0 Å². The molecule has 0 aliphatic heterocycles. The maximum atomic E-state index is 13.1. The highest BCUT2D eigenvalue weighted by Gasteiger charge is 2.36. The zero-order valence-corrected chi connectivity index (χ0v) is 17.3. The molecule has 2 aromatic rings. The van der Waals surface area contributed by atoms with Gasteiger partial charge in [0.1, 0.15) is 9.96 Å². The lowest BCUT2D eigenvalue weighted by molar-refractivity contribution is -0.119. The van der Waals surface area contributed by atoms with Crippen LogP contribution in [-0.2, 0) is 14.8 Å². The van der Waals surface area contributed by atoms with E-state index in [4.69, 9.17) is 4.74 Å². The Morgan fingerprint density at radius 3 is 2.44 bits per heavy atom. The summed E-state index contributed by atoms with van der Waals surface area (Å²) in [5, 5.41) is 1.71. The normalized spacial score (nSPS) is 15.6. The Kier molecular flexibility index (Phi) is 5.88. The highest BCUT2D eigenvalue weighted by molar-refractivity contribution is 7.91. The number of sulfonamides is 1. The fourth-order valence-corrected chi connectivity index (χ4v) is 5.38. The van der Waals surface area contributed by atoms with Crippen molar-refractivity contribution < 1.29 is 17.9 Å². The first kappa shape index (κ1) is 19.9. The minimum Gasteiger partial charge on any atom is -0.497 e. The second kappa shape index (κ2) is 8.00. The van der Waals surface area contributed by atoms with Crippen molar-refractivity contribution in [2.45, 2.75) is 30.0 Å². The molecule has 1 aliphatic rings. The highest BCUT2D eigenvalue weighted by atomic mass is 32.2. The molecule has 3 rings (SSSR count). The average Bonchev–Trinajstić information content (AvgIpc) is 3.35. The predicted octanol–water partition coefficient (Wildman–Crippen LogP) is 3.21. The van der Waals surface area contributed by atoms with E-state index in [9.17, 15) is 13.2 Å². The van der Waals surface area contributed by atoms with Crippen molar-refractivity contribution in [2.24, 2.45) is 5.92 Å². The molecule has 1 atom stereocenters. The van der Waals surface area contributed by atoms with Gasteiger partial charge in [-0.15, -0.1) is 11.3 Å². The van der Waals surface area contributed by atoms with Crippen LogP contribution in [0.4, 0.5) is 5.69 Å². The minimum absolute atomic E-state index is 0.0173. The van der Waals surface area contributed by atoms with Gasteiger partial charge in [-0.3, -0.25) is 4.79 Å². The number of benzene rings is 1. The summed E-state index contributed by atoms with van der Waals surface area (Å²) in [5.41, 5.74) is 0.752. The molecular weight excluding hydrogens is 384 g/mol. The molecule has 1 aliphatic carbocycles. The quantitative estimate of drug-likeness (QED) is 0.673. The van der Waals surface area contributed by atoms with E-state index >= 15 is 0 Å². The molecule has 146 valence electrons. The van der Waals surface area contributed by atoms with E-state index in [0.29, 0.717) is 11.7 Å². The van der Waals surface area contributed by atoms with Crippen LogP contribution >= 0.6 is 11.3 Å². The molecule has 0 N–H and O–H groups in total. The summed E-state index contributed by atoms with van der Waals surface area (Å²) in [4.78, 5) is 14.8. The number of anilines is 1. The van der Waals surface area contributed by atoms with Gasteiger partial charge in [0.15, 0.2) is 0 Å². The van der Waals surface area contributed by atoms with Gasteiger partial charge in [-0.25, -0.2) is 8.42 Å². The largest absolute Gasteiger partial charge is 0.497 e. The van der Waals surface area contributed by atoms with E-state index in [1.54, 1.807) is 41.7 Å². The lowest BCUT2D eigenvalue weighted by Gasteiger charge is -2.31. The van der Waals surface area contributed by atoms with Crippen LogP contribution in [0.2, 0.25) is 0 Å². The number of amides is 1. The number of rotatable bonds is 8. The maximum Gasteiger partial charge on any atom is 0.252 e. The zero-order chi connectivity index (χ0) is 19.6. The Labute approximate surface area is 164 Å². The Morgan fingerprint density at radius 1 is 1.26 bits per heavy atom. The van der Waals surface area contributed by atoms with Crippen molar-refractivity contribution in [1.29, 1.82) is 0 Å². The van der Waals surface area contributed by atoms with Crippen LogP contribution in [0.1, 0.15) is 19.8 Å². The molecular formula is C19H24N2O4S2. The summed E-state index contributed by atoms with van der Waals surface area (Å²) in [6, 6.07) is 10.5. The van der Waals surface area contributed by atoms with E-state index in [0.717, 1.165) is 34.2 Å². The van der Waals surface area contributed by atoms with E-state index in [-0.39, 0.29) is 22.7 Å². The molecule has 1 aromatic heterocycles. The standard InChI is InChI=1S/C19H24N2O4S2/c1-14(15-6-7-15)21(16-8-10-17(25-3)11-9-16)18(22)13-20(2)27(23,24)19-5-4-12-26-19/h4-5,8-12,14-15H,6-7,13H2,1-3H3/t14-/m1/s1. The van der Waals surface area contributed by atoms with Gasteiger partial charge in [-0.2, -0.15) is 4.31 Å². The first-order chi connectivity index (χ1) is 12.8. The molecule has 8 heteroatoms. The fraction of sp³-hybridized carbons (Fsp3) is 0.421. The topological polar surface area (TPSA) is 66.9 Å². The highest BCUT2D eigenvalue weighted by Crippen LogP contribution is 2.37. The third kappa shape index (κ3) is 4.34. The molecule has 0 bridgehead atoms. The van der Waals surface area contributed by atoms with Crippen molar-refractivity contribution in [3.05, 3.63) is 41.8 Å². The second-order valence-corrected chi connectivity index (χ2v) is 9.95. The van der Waals surface area contributed by atoms with Crippen LogP contribution in [0.3, 0.4) is 0 Å². The molecule has 1 heterocycles. The van der Waals surface area contributed by atoms with Gasteiger partial charge in [-0.1, -0.05) is 6.07 Å². The van der Waals surface area contributed by atoms with Crippen LogP contribution in [-0.4, -0.2) is 45.4 Å². The second-order valence-electron chi connectivity index (χ2n) is 6.73. The molecule has 0 saturated heterocycles. The summed E-state index contributed by atoms with van der Waals surface area (Å²) >= 11 is 1.15. The van der Waals surface area contributed by atoms with Crippen molar-refractivity contribution >= 4 is 33.0 Å². The van der Waals surface area contributed by atoms with Crippen LogP contribution < -0.4 is 9.64 Å². The number of likely N-dealkylation sites (N-methyl/N-ethyl adjacent to an activating group) is 1. The SMILES string of the molecule is COc1ccc(N(C(=O)CN(C)S(=O)(=O)c2cccs2)[C@H](C)C2CC2)cc1. The summed E-state index contributed by atoms with van der Waals surface area (Å²) in [6.07, 6.45) is 2.18. The number of ether oxygens (including phenoxy) is 1. The smallest absolute Gasteiger partial charge is 0.252 e. The van der Waals surface area contributed by atoms with Gasteiger partial charge >= 0.3 is 0 Å². The lowest BCUT2D eigenvalue weighted by atomic mass is 10.1. The van der Waals surface area contributed by atoms with Crippen LogP contribution in [0, 0.1) is 5.92 Å². The summed E-state index contributed by atoms with van der Waals surface area (Å²) in [7, 11) is -0.625. The molecule has 0 radical (unpaired) electrons. The number of carbonyl (C=O) groups is 1. The van der Waals surface area contributed by atoms with E-state index in [2.05, 4.69) is 0 Å². The molecule has 1 saturated carbocycles. The average molecular weight is 409 g/mol. The van der Waals surface area contributed by atoms with E-state index < -0.39 is 10.0 Å². The van der Waals surface area contributed by atoms with E-state index in [1.807, 2.05) is 19.1 Å². The molecule has 0 spiro atoms. The fourth-order valence-electron chi connectivity index (χ4n) is 3.05. The van der Waals surface area contributed by atoms with Gasteiger partial charge in [0.2, 0.25) is 5.91 Å². The Hall–Kier alpha value is -1.90. The van der Waals surface area contributed by atoms with Gasteiger partial charge < -0.3 is 9.64 Å². The molecule has 27 heavy (non-hydrogen) atoms. The number of carbonyl (C=O) groups excluding carboxylic acids is 1. The molecule has 0 unspecified atom stereocenters. The Bertz CT molecular complexity index is 875. The van der Waals surface area contributed by atoms with Crippen LogP contribution in [0.5, 0.6) is 5.75 Å². The van der Waals surface area contributed by atoms with Crippen molar-refractivity contribution in [3.63, 3.8) is 0 Å². The number of thiophene rings is 1. The van der Waals surface area contributed by atoms with Crippen LogP contribution in [0.25, 0.3) is 0 Å². The third-order valence-corrected chi connectivity index (χ3v) is 8.02. The molecule has 1 amide bonds. The van der Waals surface area contributed by atoms with E-state index in [1.165, 1.54) is 7.05 Å². The number of hydrogen-bond donors (Lipinski definition) is 0. The van der Waals surface area contributed by atoms with Crippen molar-refractivity contribution in [2.75, 3.05) is 25.6 Å². The third-order valence-electron chi connectivity index (χ3n) is 4.85. The summed E-state index contributed by atoms with van der Waals surface area (Å²) in [5.74, 6) is 0.931. The summed E-state index contributed by atoms with van der Waals surface area (Å²) in [6.45, 7) is 1.82.